The number of fused-ring (bicyclic) bond motifs is 6. The van der Waals surface area contributed by atoms with Crippen molar-refractivity contribution in [2.75, 3.05) is 104 Å². The number of nitrogens with one attached hydrogen (secondary N) is 4. The number of alkyl halides is 9. The molecule has 0 spiro atoms. The number of ether oxygens (including phenoxy) is 1. The number of piperazine rings is 1. The number of hydrogen-bond donors (Lipinski definition) is 4. The summed E-state index contributed by atoms with van der Waals surface area (Å²) in [6.45, 7) is 20.3. The van der Waals surface area contributed by atoms with Gasteiger partial charge >= 0.3 is 6.18 Å². The molecular formula is C96H107F12N21O5. The molecule has 18 rings (SSSR count). The second-order valence-corrected chi connectivity index (χ2v) is 35.8. The Balaban J connectivity index is 0.000000136. The molecule has 4 aromatic carbocycles. The first-order valence-electron chi connectivity index (χ1n) is 44.8. The zero-order valence-corrected chi connectivity index (χ0v) is 76.6. The van der Waals surface area contributed by atoms with Gasteiger partial charge in [-0.15, -0.1) is 0 Å². The van der Waals surface area contributed by atoms with Gasteiger partial charge in [0.2, 0.25) is 0 Å². The number of aromatic nitrogens is 13. The fourth-order valence-corrected chi connectivity index (χ4v) is 19.0. The molecule has 12 heterocycles. The van der Waals surface area contributed by atoms with Crippen molar-refractivity contribution in [1.82, 2.24) is 72.9 Å². The molecule has 2 aliphatic carbocycles. The molecule has 134 heavy (non-hydrogen) atoms. The van der Waals surface area contributed by atoms with Crippen molar-refractivity contribution in [2.24, 2.45) is 27.1 Å². The number of rotatable bonds is 20. The lowest BCUT2D eigenvalue weighted by molar-refractivity contribution is -0.137. The molecule has 1 unspecified atom stereocenters. The first-order valence-corrected chi connectivity index (χ1v) is 44.8. The summed E-state index contributed by atoms with van der Waals surface area (Å²) < 4.78 is 175. The van der Waals surface area contributed by atoms with Gasteiger partial charge in [-0.3, -0.25) is 37.4 Å². The van der Waals surface area contributed by atoms with E-state index in [0.29, 0.717) is 133 Å². The molecule has 4 aliphatic heterocycles. The van der Waals surface area contributed by atoms with Crippen LogP contribution in [0.4, 0.5) is 87.5 Å². The molecule has 4 N–H and O–H groups in total. The van der Waals surface area contributed by atoms with Gasteiger partial charge in [0.05, 0.1) is 81.8 Å². The van der Waals surface area contributed by atoms with Crippen LogP contribution >= 0.6 is 0 Å². The topological polar surface area (TPSA) is 274 Å². The van der Waals surface area contributed by atoms with E-state index < -0.39 is 89.3 Å². The van der Waals surface area contributed by atoms with Crippen LogP contribution in [0.25, 0.3) is 49.8 Å². The van der Waals surface area contributed by atoms with Crippen LogP contribution in [0.15, 0.2) is 129 Å². The fraction of sp³-hybridized carbons (Fsp3) is 0.448. The number of aryl methyl sites for hydroxylation is 6. The number of piperidine rings is 1. The predicted octanol–water partition coefficient (Wildman–Crippen LogP) is 18.3. The summed E-state index contributed by atoms with van der Waals surface area (Å²) in [6, 6.07) is 20.2. The molecule has 6 aliphatic rings. The van der Waals surface area contributed by atoms with Crippen molar-refractivity contribution in [1.29, 1.82) is 0 Å². The fourth-order valence-electron chi connectivity index (χ4n) is 19.0. The van der Waals surface area contributed by atoms with Gasteiger partial charge in [0, 0.05) is 106 Å². The third-order valence-electron chi connectivity index (χ3n) is 26.4. The molecule has 2 bridgehead atoms. The summed E-state index contributed by atoms with van der Waals surface area (Å²) in [7, 11) is 9.10. The van der Waals surface area contributed by atoms with E-state index in [1.54, 1.807) is 96.9 Å². The number of nitrogens with zero attached hydrogens (tertiary/aromatic N) is 17. The van der Waals surface area contributed by atoms with Gasteiger partial charge < -0.3 is 45.6 Å². The number of hydrogen-bond acceptors (Lipinski definition) is 22. The highest BCUT2D eigenvalue weighted by Gasteiger charge is 2.48. The smallest absolute Gasteiger partial charge is 0.377 e. The minimum absolute atomic E-state index is 0.0298. The molecule has 12 aromatic rings. The van der Waals surface area contributed by atoms with Crippen LogP contribution in [0.3, 0.4) is 0 Å². The van der Waals surface area contributed by atoms with Crippen molar-refractivity contribution in [3.05, 3.63) is 241 Å². The van der Waals surface area contributed by atoms with E-state index in [4.69, 9.17) is 4.74 Å². The number of benzene rings is 4. The Kier molecular flexibility index (Phi) is 28.4. The Morgan fingerprint density at radius 1 is 0.500 bits per heavy atom. The molecule has 0 amide bonds. The van der Waals surface area contributed by atoms with Crippen LogP contribution in [-0.4, -0.2) is 152 Å². The molecular weight excluding hydrogens is 1760 g/mol. The average Bonchev–Trinajstić information content (AvgIpc) is 1.56. The summed E-state index contributed by atoms with van der Waals surface area (Å²) in [5, 5.41) is 14.6. The lowest BCUT2D eigenvalue weighted by Crippen LogP contribution is -2.52. The van der Waals surface area contributed by atoms with Crippen LogP contribution in [0.1, 0.15) is 215 Å². The van der Waals surface area contributed by atoms with Gasteiger partial charge in [-0.05, 0) is 175 Å². The van der Waals surface area contributed by atoms with Crippen LogP contribution in [0.5, 0.6) is 0 Å². The number of likely N-dealkylation sites (N-methyl/N-ethyl adjacent to an activating group) is 2. The standard InChI is InChI=1S/C26H28F3N5O2.C25H27F3N4O.C24H29F3N6O.C21H23F3N6O/c1-14(18-5-4-6-19(22(18)27)23(28)29)30-24-21-11-20(16-7-9-33(3)10-8-16)26(35)34(17-12-36-13-17)25(21)32-15(2)31-24;1-13(16-5-4-6-17(20(16)26)21(27)28)29-22-18-11-19(25-9-7-15(12-25)8-10-25)24(33)32(3)23(18)31-14(2)30-22;1-13-12-31(4)9-10-33(13)19-11-18-22(29-15(3)30-23(18)32(5)24(19)34)28-14(2)16-7-6-8-17(20(16)25)21(26)27;1-13(14-7-6-8-15(11-14)21(22,23)24)27-17-16-18(26-12-25-17)29(2)20(31)19(28-16)30-9-4-3-5-10-30/h4-7,11,14,17,23H,8-10,12-13H2,1-3H3,(H,30,31,32);4-6,11,13,15,21H,7-10,12H2,1-3H3,(H,29,30,31);6-8,11,13-14,21H,9-10,12H2,1-5H3,(H,28,29,30);6-8,11-13H,3-5,9-10H2,1-2H3,(H,25,26,27)/t14-;13-,15?,25?;13?,14-;13-/m1111/s1. The first-order chi connectivity index (χ1) is 63.8. The van der Waals surface area contributed by atoms with Gasteiger partial charge in [0.15, 0.2) is 22.8 Å². The van der Waals surface area contributed by atoms with Crippen molar-refractivity contribution < 1.29 is 57.4 Å². The summed E-state index contributed by atoms with van der Waals surface area (Å²) in [5.74, 6) is 1.21. The third kappa shape index (κ3) is 19.8. The normalized spacial score (nSPS) is 18.7. The van der Waals surface area contributed by atoms with E-state index in [2.05, 4.69) is 101 Å². The monoisotopic (exact) mass is 1860 g/mol. The maximum atomic E-state index is 14.9. The van der Waals surface area contributed by atoms with Crippen molar-refractivity contribution in [3.63, 3.8) is 0 Å². The molecule has 710 valence electrons. The second kappa shape index (κ2) is 39.6. The molecule has 0 radical (unpaired) electrons. The van der Waals surface area contributed by atoms with Crippen LogP contribution in [-0.2, 0) is 37.5 Å². The van der Waals surface area contributed by atoms with E-state index in [-0.39, 0.29) is 56.4 Å². The predicted molar refractivity (Wildman–Crippen MR) is 492 cm³/mol. The minimum Gasteiger partial charge on any atom is -0.377 e. The van der Waals surface area contributed by atoms with Gasteiger partial charge in [-0.2, -0.15) is 13.2 Å². The van der Waals surface area contributed by atoms with Gasteiger partial charge in [0.25, 0.3) is 41.5 Å². The third-order valence-corrected chi connectivity index (χ3v) is 26.4. The zero-order valence-electron chi connectivity index (χ0n) is 76.6. The van der Waals surface area contributed by atoms with E-state index >= 15 is 0 Å². The Bertz CT molecular complexity index is 6710. The minimum atomic E-state index is -4.42. The number of anilines is 6. The van der Waals surface area contributed by atoms with Gasteiger partial charge in [0.1, 0.15) is 81.3 Å². The highest BCUT2D eigenvalue weighted by molar-refractivity contribution is 5.92. The molecule has 3 saturated heterocycles. The van der Waals surface area contributed by atoms with Crippen LogP contribution in [0, 0.1) is 44.1 Å². The lowest BCUT2D eigenvalue weighted by atomic mass is 9.78. The van der Waals surface area contributed by atoms with E-state index in [1.165, 1.54) is 57.9 Å². The second-order valence-electron chi connectivity index (χ2n) is 35.8. The summed E-state index contributed by atoms with van der Waals surface area (Å²) in [5.41, 5.74) is 2.63. The molecule has 2 saturated carbocycles. The maximum Gasteiger partial charge on any atom is 0.416 e. The Hall–Kier alpha value is -12.5. The first kappa shape index (κ1) is 96.1. The van der Waals surface area contributed by atoms with E-state index in [1.807, 2.05) is 18.0 Å². The SMILES string of the molecule is C[C@@H](Nc1ncnc2c1nc(N1CCCCC1)c(=O)n2C)c1cccc(C(F)(F)F)c1.Cc1nc(N[C@H](C)c2cccc(C(F)F)c2F)c2cc(C34CCC(CC3)C4)c(=O)n(C)c2n1.Cc1nc(N[C@H](C)c2cccc(C(F)F)c2F)c2cc(C3=CCN(C)CC3)c(=O)n(C3COC3)c2n1.Cc1nc(N[C@H](C)c2cccc(C(F)F)c2F)c2cc(N3CCN(C)CC3C)c(=O)n(C)c2n1. The van der Waals surface area contributed by atoms with Crippen LogP contribution < -0.4 is 53.3 Å². The van der Waals surface area contributed by atoms with E-state index in [9.17, 15) is 71.9 Å². The van der Waals surface area contributed by atoms with Crippen molar-refractivity contribution in [2.45, 2.75) is 180 Å². The number of pyridine rings is 3. The van der Waals surface area contributed by atoms with Gasteiger partial charge in [-0.1, -0.05) is 72.8 Å². The van der Waals surface area contributed by atoms with Crippen molar-refractivity contribution >= 4 is 84.6 Å². The summed E-state index contributed by atoms with van der Waals surface area (Å²) >= 11 is 0. The Labute approximate surface area is 764 Å². The Morgan fingerprint density at radius 2 is 0.993 bits per heavy atom. The highest BCUT2D eigenvalue weighted by Crippen LogP contribution is 2.55. The molecule has 26 nitrogen and oxygen atoms in total. The average molecular weight is 1860 g/mol. The number of halogens is 12. The lowest BCUT2D eigenvalue weighted by Gasteiger charge is -2.39. The van der Waals surface area contributed by atoms with Crippen LogP contribution in [0.2, 0.25) is 0 Å². The molecule has 8 aromatic heterocycles. The Morgan fingerprint density at radius 3 is 1.48 bits per heavy atom. The molecule has 5 fully saturated rings. The maximum absolute atomic E-state index is 14.9. The van der Waals surface area contributed by atoms with E-state index in [0.717, 1.165) is 139 Å². The largest absolute Gasteiger partial charge is 0.416 e. The molecule has 38 heteroatoms. The summed E-state index contributed by atoms with van der Waals surface area (Å²) in [4.78, 5) is 102. The summed E-state index contributed by atoms with van der Waals surface area (Å²) in [6.07, 6.45) is -0.575. The quantitative estimate of drug-likeness (QED) is 0.0516. The van der Waals surface area contributed by atoms with Crippen molar-refractivity contribution in [3.8, 4) is 0 Å². The zero-order chi connectivity index (χ0) is 96.0. The highest BCUT2D eigenvalue weighted by atomic mass is 19.4. The molecule has 5 atom stereocenters. The van der Waals surface area contributed by atoms with Gasteiger partial charge in [-0.25, -0.2) is 84.4 Å².